The molecule has 1 heterocycles. The fraction of sp³-hybridized carbons (Fsp3) is 0.417. The molecule has 0 bridgehead atoms. The fourth-order valence-corrected chi connectivity index (χ4v) is 2.13. The summed E-state index contributed by atoms with van der Waals surface area (Å²) in [7, 11) is 0. The van der Waals surface area contributed by atoms with Crippen LogP contribution >= 0.6 is 15.9 Å². The average molecular weight is 301 g/mol. The molecule has 1 amide bonds. The van der Waals surface area contributed by atoms with Crippen molar-refractivity contribution in [2.75, 3.05) is 11.9 Å². The van der Waals surface area contributed by atoms with Crippen molar-refractivity contribution in [2.45, 2.75) is 25.3 Å². The number of hydrogen-bond donors (Lipinski definition) is 2. The highest BCUT2D eigenvalue weighted by atomic mass is 79.9. The molecule has 3 nitrogen and oxygen atoms in total. The molecule has 1 unspecified atom stereocenters. The number of rotatable bonds is 2. The van der Waals surface area contributed by atoms with Crippen molar-refractivity contribution in [3.8, 4) is 0 Å². The third-order valence-electron chi connectivity index (χ3n) is 2.81. The lowest BCUT2D eigenvalue weighted by atomic mass is 10.0. The van der Waals surface area contributed by atoms with E-state index in [1.165, 1.54) is 6.07 Å². The molecule has 0 spiro atoms. The van der Waals surface area contributed by atoms with Crippen LogP contribution in [0.3, 0.4) is 0 Å². The largest absolute Gasteiger partial charge is 0.325 e. The lowest BCUT2D eigenvalue weighted by molar-refractivity contribution is -0.118. The lowest BCUT2D eigenvalue weighted by Crippen LogP contribution is -2.43. The van der Waals surface area contributed by atoms with E-state index in [9.17, 15) is 9.18 Å². The van der Waals surface area contributed by atoms with Crippen molar-refractivity contribution in [3.63, 3.8) is 0 Å². The molecule has 0 aliphatic carbocycles. The zero-order valence-corrected chi connectivity index (χ0v) is 10.9. The Labute approximate surface area is 108 Å². The molecule has 17 heavy (non-hydrogen) atoms. The fourth-order valence-electron chi connectivity index (χ4n) is 1.88. The predicted molar refractivity (Wildman–Crippen MR) is 68.4 cm³/mol. The smallest absolute Gasteiger partial charge is 0.241 e. The van der Waals surface area contributed by atoms with Crippen molar-refractivity contribution >= 4 is 27.5 Å². The summed E-state index contributed by atoms with van der Waals surface area (Å²) in [6.07, 6.45) is 3.00. The van der Waals surface area contributed by atoms with Crippen molar-refractivity contribution in [1.82, 2.24) is 5.32 Å². The Morgan fingerprint density at radius 3 is 2.94 bits per heavy atom. The van der Waals surface area contributed by atoms with Crippen LogP contribution in [0.1, 0.15) is 19.3 Å². The van der Waals surface area contributed by atoms with Gasteiger partial charge in [0.2, 0.25) is 5.91 Å². The number of amides is 1. The van der Waals surface area contributed by atoms with Crippen LogP contribution in [-0.2, 0) is 4.79 Å². The van der Waals surface area contributed by atoms with E-state index < -0.39 is 0 Å². The molecule has 1 aliphatic rings. The maximum Gasteiger partial charge on any atom is 0.241 e. The number of hydrogen-bond acceptors (Lipinski definition) is 2. The van der Waals surface area contributed by atoms with Crippen LogP contribution in [0.15, 0.2) is 22.7 Å². The molecule has 92 valence electrons. The molecule has 5 heteroatoms. The Morgan fingerprint density at radius 1 is 1.47 bits per heavy atom. The minimum absolute atomic E-state index is 0.0913. The SMILES string of the molecule is O=C(Nc1ccc(Br)c(F)c1)C1CCCCN1. The van der Waals surface area contributed by atoms with Gasteiger partial charge in [0.15, 0.2) is 0 Å². The molecule has 1 aromatic rings. The van der Waals surface area contributed by atoms with Gasteiger partial charge in [0, 0.05) is 5.69 Å². The van der Waals surface area contributed by atoms with Crippen molar-refractivity contribution < 1.29 is 9.18 Å². The van der Waals surface area contributed by atoms with E-state index in [-0.39, 0.29) is 17.8 Å². The summed E-state index contributed by atoms with van der Waals surface area (Å²) < 4.78 is 13.7. The summed E-state index contributed by atoms with van der Waals surface area (Å²) in [4.78, 5) is 11.9. The van der Waals surface area contributed by atoms with Gasteiger partial charge in [0.1, 0.15) is 5.82 Å². The first-order valence-electron chi connectivity index (χ1n) is 5.66. The van der Waals surface area contributed by atoms with E-state index in [0.29, 0.717) is 10.2 Å². The summed E-state index contributed by atoms with van der Waals surface area (Å²) in [6, 6.07) is 4.41. The first-order valence-corrected chi connectivity index (χ1v) is 6.45. The molecule has 0 aromatic heterocycles. The van der Waals surface area contributed by atoms with Gasteiger partial charge >= 0.3 is 0 Å². The van der Waals surface area contributed by atoms with Crippen LogP contribution < -0.4 is 10.6 Å². The van der Waals surface area contributed by atoms with Gasteiger partial charge in [-0.1, -0.05) is 6.42 Å². The van der Waals surface area contributed by atoms with Gasteiger partial charge in [0.25, 0.3) is 0 Å². The number of halogens is 2. The van der Waals surface area contributed by atoms with Gasteiger partial charge in [-0.2, -0.15) is 0 Å². The second-order valence-electron chi connectivity index (χ2n) is 4.12. The monoisotopic (exact) mass is 300 g/mol. The van der Waals surface area contributed by atoms with Gasteiger partial charge in [-0.25, -0.2) is 4.39 Å². The van der Waals surface area contributed by atoms with Gasteiger partial charge in [-0.3, -0.25) is 4.79 Å². The van der Waals surface area contributed by atoms with E-state index in [0.717, 1.165) is 25.8 Å². The molecule has 0 radical (unpaired) electrons. The number of carbonyl (C=O) groups is 1. The third kappa shape index (κ3) is 3.26. The Balaban J connectivity index is 1.99. The second-order valence-corrected chi connectivity index (χ2v) is 4.97. The Hall–Kier alpha value is -0.940. The summed E-state index contributed by atoms with van der Waals surface area (Å²) in [5.74, 6) is -0.467. The zero-order valence-electron chi connectivity index (χ0n) is 9.30. The van der Waals surface area contributed by atoms with E-state index in [1.807, 2.05) is 0 Å². The summed E-state index contributed by atoms with van der Waals surface area (Å²) in [5, 5.41) is 5.87. The second kappa shape index (κ2) is 5.60. The Morgan fingerprint density at radius 2 is 2.29 bits per heavy atom. The molecular weight excluding hydrogens is 287 g/mol. The summed E-state index contributed by atoms with van der Waals surface area (Å²) >= 11 is 3.07. The molecular formula is C12H14BrFN2O. The molecule has 1 aliphatic heterocycles. The molecule has 2 N–H and O–H groups in total. The predicted octanol–water partition coefficient (Wildman–Crippen LogP) is 2.67. The highest BCUT2D eigenvalue weighted by molar-refractivity contribution is 9.10. The van der Waals surface area contributed by atoms with E-state index in [4.69, 9.17) is 0 Å². The number of carbonyl (C=O) groups excluding carboxylic acids is 1. The maximum atomic E-state index is 13.3. The van der Waals surface area contributed by atoms with Crippen molar-refractivity contribution in [2.24, 2.45) is 0 Å². The first-order chi connectivity index (χ1) is 8.16. The quantitative estimate of drug-likeness (QED) is 0.882. The molecule has 1 fully saturated rings. The van der Waals surface area contributed by atoms with E-state index >= 15 is 0 Å². The number of piperidine rings is 1. The van der Waals surface area contributed by atoms with Crippen molar-refractivity contribution in [3.05, 3.63) is 28.5 Å². The summed E-state index contributed by atoms with van der Waals surface area (Å²) in [5.41, 5.74) is 0.489. The number of anilines is 1. The van der Waals surface area contributed by atoms with Gasteiger partial charge in [-0.05, 0) is 53.5 Å². The third-order valence-corrected chi connectivity index (χ3v) is 3.46. The standard InChI is InChI=1S/C12H14BrFN2O/c13-9-5-4-8(7-10(9)14)16-12(17)11-3-1-2-6-15-11/h4-5,7,11,15H,1-3,6H2,(H,16,17). The average Bonchev–Trinajstić information content (AvgIpc) is 2.35. The Bertz CT molecular complexity index is 419. The number of benzene rings is 1. The van der Waals surface area contributed by atoms with Crippen LogP contribution in [0.25, 0.3) is 0 Å². The zero-order chi connectivity index (χ0) is 12.3. The maximum absolute atomic E-state index is 13.3. The highest BCUT2D eigenvalue weighted by Gasteiger charge is 2.20. The highest BCUT2D eigenvalue weighted by Crippen LogP contribution is 2.19. The van der Waals surface area contributed by atoms with Crippen LogP contribution in [0.4, 0.5) is 10.1 Å². The molecule has 1 atom stereocenters. The molecule has 1 saturated heterocycles. The van der Waals surface area contributed by atoms with Crippen LogP contribution in [0.2, 0.25) is 0 Å². The minimum atomic E-state index is -0.376. The lowest BCUT2D eigenvalue weighted by Gasteiger charge is -2.22. The summed E-state index contributed by atoms with van der Waals surface area (Å²) in [6.45, 7) is 0.868. The van der Waals surface area contributed by atoms with Crippen molar-refractivity contribution in [1.29, 1.82) is 0 Å². The van der Waals surface area contributed by atoms with Crippen LogP contribution in [-0.4, -0.2) is 18.5 Å². The van der Waals surface area contributed by atoms with E-state index in [2.05, 4.69) is 26.6 Å². The molecule has 1 aromatic carbocycles. The minimum Gasteiger partial charge on any atom is -0.325 e. The number of nitrogens with one attached hydrogen (secondary N) is 2. The van der Waals surface area contributed by atoms with Gasteiger partial charge < -0.3 is 10.6 Å². The van der Waals surface area contributed by atoms with Gasteiger partial charge in [0.05, 0.1) is 10.5 Å². The first kappa shape index (κ1) is 12.5. The van der Waals surface area contributed by atoms with E-state index in [1.54, 1.807) is 12.1 Å². The molecule has 0 saturated carbocycles. The Kier molecular flexibility index (Phi) is 4.12. The van der Waals surface area contributed by atoms with Crippen LogP contribution in [0.5, 0.6) is 0 Å². The van der Waals surface area contributed by atoms with Gasteiger partial charge in [-0.15, -0.1) is 0 Å². The normalized spacial score (nSPS) is 20.0. The van der Waals surface area contributed by atoms with Crippen LogP contribution in [0, 0.1) is 5.82 Å². The molecule has 2 rings (SSSR count). The topological polar surface area (TPSA) is 41.1 Å².